The normalized spacial score (nSPS) is 51.0. The molecule has 10 aliphatic carbocycles. The third-order valence-corrected chi connectivity index (χ3v) is 51.2. The lowest BCUT2D eigenvalue weighted by molar-refractivity contribution is -0.148. The van der Waals surface area contributed by atoms with Gasteiger partial charge in [-0.05, 0) is 196 Å². The van der Waals surface area contributed by atoms with E-state index in [1.54, 1.807) is 0 Å². The van der Waals surface area contributed by atoms with Gasteiger partial charge in [0.1, 0.15) is 61.0 Å². The van der Waals surface area contributed by atoms with Crippen LogP contribution in [0.5, 0.6) is 0 Å². The van der Waals surface area contributed by atoms with Gasteiger partial charge in [0.15, 0.2) is 0 Å². The summed E-state index contributed by atoms with van der Waals surface area (Å²) in [4.78, 5) is 23.1. The highest BCUT2D eigenvalue weighted by Gasteiger charge is 2.63. The first-order valence-corrected chi connectivity index (χ1v) is 67.0. The van der Waals surface area contributed by atoms with Gasteiger partial charge in [-0.1, -0.05) is 53.4 Å². The molecule has 139 heavy (non-hydrogen) atoms. The van der Waals surface area contributed by atoms with E-state index in [1.165, 1.54) is 208 Å². The SMILES string of the molecule is O=C1OCC2C3CC([SiH3])C(C3)C12.O=C1OCCC12CC1CC([SiH3])C2C1.[SiH3]C1CC2CC(COCC3CO3)C1O2.[SiH3]C1CC2CC(OCC3CO3)C1O2.[SiH3]C1CC2CC1C(COCC1CO1)(COCC1CO1)C2.[SiH3]C1CC2CC1C(COCC1CO1)C2COCC1CO1.[SiH3]C1CC2CC1CC2(COCC1CO1)COCC1CO1.[SiH3]C1CC2OC1CC2COCC1CO1.[SiH3]C1CC2OC1CC2OCC1CO1. The van der Waals surface area contributed by atoms with E-state index in [4.69, 9.17) is 123 Å². The van der Waals surface area contributed by atoms with Crippen molar-refractivity contribution in [2.45, 2.75) is 313 Å². The summed E-state index contributed by atoms with van der Waals surface area (Å²) in [6, 6.07) is 0. The Morgan fingerprint density at radius 2 is 0.763 bits per heavy atom. The quantitative estimate of drug-likeness (QED) is 0.0444. The molecule has 0 aromatic rings. The fourth-order valence-corrected chi connectivity index (χ4v) is 42.6. The molecule has 20 saturated heterocycles. The number of carbonyl (C=O) groups is 2. The van der Waals surface area contributed by atoms with E-state index in [2.05, 4.69) is 0 Å². The van der Waals surface area contributed by atoms with E-state index in [0.717, 1.165) is 332 Å². The number of rotatable bonds is 38. The van der Waals surface area contributed by atoms with Gasteiger partial charge in [0.2, 0.25) is 0 Å². The second kappa shape index (κ2) is 46.1. The number of epoxide rings is 10. The summed E-state index contributed by atoms with van der Waals surface area (Å²) in [6.07, 6.45) is 37.4. The zero-order valence-corrected chi connectivity index (χ0v) is 104. The lowest BCUT2D eigenvalue weighted by Crippen LogP contribution is -2.40. The van der Waals surface area contributed by atoms with Crippen LogP contribution in [0.25, 0.3) is 0 Å². The Morgan fingerprint density at radius 1 is 0.295 bits per heavy atom. The number of cyclic esters (lactones) is 2. The molecule has 30 fully saturated rings. The molecule has 20 aliphatic heterocycles. The second-order valence-electron chi connectivity index (χ2n) is 50.7. The van der Waals surface area contributed by atoms with Crippen LogP contribution in [0.3, 0.4) is 0 Å². The average Bonchev–Trinajstić information content (AvgIpc) is 1.55. The van der Waals surface area contributed by atoms with E-state index >= 15 is 0 Å². The maximum Gasteiger partial charge on any atom is 0.312 e. The van der Waals surface area contributed by atoms with Crippen molar-refractivity contribution in [2.75, 3.05) is 198 Å². The largest absolute Gasteiger partial charge is 0.465 e. The van der Waals surface area contributed by atoms with Gasteiger partial charge >= 0.3 is 11.9 Å². The molecule has 0 amide bonds. The molecule has 37 heteroatoms. The minimum atomic E-state index is 0.00926. The van der Waals surface area contributed by atoms with Crippen LogP contribution in [0.15, 0.2) is 0 Å². The van der Waals surface area contributed by atoms with Gasteiger partial charge in [-0.15, -0.1) is 0 Å². The minimum absolute atomic E-state index is 0.00926. The molecule has 46 unspecified atom stereocenters. The maximum atomic E-state index is 11.7. The van der Waals surface area contributed by atoms with Crippen LogP contribution in [-0.2, 0) is 133 Å². The molecule has 46 atom stereocenters. The Hall–Kier alpha value is -0.0681. The minimum Gasteiger partial charge on any atom is -0.465 e. The highest BCUT2D eigenvalue weighted by Crippen LogP contribution is 2.66. The first-order chi connectivity index (χ1) is 67.6. The molecule has 28 nitrogen and oxygen atoms in total. The molecule has 0 N–H and O–H groups in total. The number of hydrogen-bond acceptors (Lipinski definition) is 28. The van der Waals surface area contributed by atoms with E-state index in [-0.39, 0.29) is 22.8 Å². The lowest BCUT2D eigenvalue weighted by atomic mass is 9.72. The fourth-order valence-electron chi connectivity index (χ4n) is 31.5. The number of fused-ring (bicyclic) bond motifs is 22. The molecule has 0 aromatic carbocycles. The molecule has 788 valence electrons. The van der Waals surface area contributed by atoms with Crippen molar-refractivity contribution < 1.29 is 133 Å². The summed E-state index contributed by atoms with van der Waals surface area (Å²) in [5, 5.41) is 0. The molecule has 20 heterocycles. The third kappa shape index (κ3) is 26.4. The monoisotopic (exact) mass is 2100 g/mol. The third-order valence-electron chi connectivity index (χ3n) is 39.8. The van der Waals surface area contributed by atoms with Crippen LogP contribution in [0.4, 0.5) is 0 Å². The predicted molar refractivity (Wildman–Crippen MR) is 548 cm³/mol. The van der Waals surface area contributed by atoms with E-state index in [9.17, 15) is 9.59 Å². The van der Waals surface area contributed by atoms with Crippen molar-refractivity contribution in [3.8, 4) is 0 Å². The van der Waals surface area contributed by atoms with Crippen molar-refractivity contribution in [3.63, 3.8) is 0 Å². The summed E-state index contributed by atoms with van der Waals surface area (Å²) in [5.74, 6) is 12.5. The average molecular weight is 2100 g/mol. The standard InChI is InChI=1S/3C15H26O4Si.2C10H18O3Si.C10H16O2Si.2C9H16O3Si.C9H14O2Si/c20-14-2-11-1-10(14)3-15(11,8-16-4-12-6-18-12)9-17-5-13-7-19-13;20-14-2-10-1-13(14)15(3-10,8-16-4-11-6-18-11)9-17-5-12-7-19-12;20-15-2-9-1-12(15)14(8-17-4-11-6-19-11)13(9)7-16-3-10-5-18-10;14-10-2-8-6(1-9(10)13-8)3-11-4-7-5-12-7;14-9-2-7-1-6(10(9)13-7)3-11-4-8-5-12-8;11-9-10(1-2-12-9)5-6-3-7(10)8(13)4-6;13-9-2-7-6(1-8(9)12-7)11-4-5-3-10-5;13-8-2-5-1-7(9(8)12-5)11-4-6-3-10-6;10-9-8-5-1-4(2-7(5)12)6(8)3-11-9/h2*10-14H,1-9H2,20H3;9-15H,1-8H2,20H3;2*6-10H,1-5H2,14H3;6-8H,1-5H2,13H3;2*5-9H,1-4H2,13H3;4-8H,1-3H2,12H3. The summed E-state index contributed by atoms with van der Waals surface area (Å²) in [6.45, 7) is 25.3. The molecule has 0 radical (unpaired) electrons. The van der Waals surface area contributed by atoms with Crippen molar-refractivity contribution in [1.29, 1.82) is 0 Å². The molecular formula is C102H176O28Si9. The van der Waals surface area contributed by atoms with Crippen molar-refractivity contribution in [1.82, 2.24) is 0 Å². The second-order valence-corrected chi connectivity index (χ2v) is 64.1. The first kappa shape index (κ1) is 103. The Morgan fingerprint density at radius 3 is 1.22 bits per heavy atom. The van der Waals surface area contributed by atoms with Crippen molar-refractivity contribution in [2.24, 2.45) is 111 Å². The smallest absolute Gasteiger partial charge is 0.312 e. The number of ether oxygens (including phenoxy) is 26. The van der Waals surface area contributed by atoms with E-state index < -0.39 is 0 Å². The molecule has 30 aliphatic rings. The van der Waals surface area contributed by atoms with Crippen LogP contribution < -0.4 is 0 Å². The number of hydrogen-bond donors (Lipinski definition) is 0. The first-order valence-electron chi connectivity index (χ1n) is 56.6. The zero-order valence-electron chi connectivity index (χ0n) is 85.7. The van der Waals surface area contributed by atoms with Gasteiger partial charge in [0.25, 0.3) is 0 Å². The van der Waals surface area contributed by atoms with Crippen molar-refractivity contribution in [3.05, 3.63) is 0 Å². The molecule has 0 aromatic heterocycles. The van der Waals surface area contributed by atoms with Crippen LogP contribution in [0.1, 0.15) is 141 Å². The van der Waals surface area contributed by atoms with Gasteiger partial charge < -0.3 is 123 Å². The van der Waals surface area contributed by atoms with Crippen LogP contribution in [-0.4, -0.2) is 424 Å². The number of esters is 2. The van der Waals surface area contributed by atoms with Gasteiger partial charge in [-0.25, -0.2) is 0 Å². The van der Waals surface area contributed by atoms with Crippen molar-refractivity contribution >= 4 is 104 Å². The lowest BCUT2D eigenvalue weighted by Gasteiger charge is -2.40. The Labute approximate surface area is 853 Å². The Kier molecular flexibility index (Phi) is 34.3. The predicted octanol–water partition coefficient (Wildman–Crippen LogP) is -0.0719. The van der Waals surface area contributed by atoms with Crippen LogP contribution in [0, 0.1) is 111 Å². The summed E-state index contributed by atoms with van der Waals surface area (Å²) in [5.41, 5.74) is 8.87. The van der Waals surface area contributed by atoms with E-state index in [0.29, 0.717) is 164 Å². The molecule has 1 spiro atoms. The van der Waals surface area contributed by atoms with Crippen LogP contribution in [0.2, 0.25) is 49.9 Å². The Bertz CT molecular complexity index is 3900. The highest BCUT2D eigenvalue weighted by molar-refractivity contribution is 6.14. The molecule has 30 rings (SSSR count). The molecule has 10 saturated carbocycles. The zero-order chi connectivity index (χ0) is 94.8. The Balaban J connectivity index is 0.0000000907. The van der Waals surface area contributed by atoms with E-state index in [1.807, 2.05) is 0 Å². The van der Waals surface area contributed by atoms with Gasteiger partial charge in [0.05, 0.1) is 271 Å². The van der Waals surface area contributed by atoms with Gasteiger partial charge in [-0.2, -0.15) is 0 Å². The topological polar surface area (TPSA) is 307 Å². The molecular weight excluding hydrogens is 1930 g/mol. The maximum absolute atomic E-state index is 11.7. The van der Waals surface area contributed by atoms with Crippen LogP contribution >= 0.6 is 0 Å². The summed E-state index contributed by atoms with van der Waals surface area (Å²) < 4.78 is 144. The summed E-state index contributed by atoms with van der Waals surface area (Å²) in [7, 11) is 11.7. The number of carbonyl (C=O) groups excluding carboxylic acids is 2. The fraction of sp³-hybridized carbons (Fsp3) is 0.980. The highest BCUT2D eigenvalue weighted by atomic mass is 28.2. The van der Waals surface area contributed by atoms with Gasteiger partial charge in [-0.3, -0.25) is 9.59 Å². The molecule has 18 bridgehead atoms. The van der Waals surface area contributed by atoms with Gasteiger partial charge in [0, 0.05) is 134 Å². The summed E-state index contributed by atoms with van der Waals surface area (Å²) >= 11 is 0.